The van der Waals surface area contributed by atoms with E-state index in [4.69, 9.17) is 11.6 Å². The number of pyridine rings is 1. The summed E-state index contributed by atoms with van der Waals surface area (Å²) in [6.07, 6.45) is 4.18. The topological polar surface area (TPSA) is 135 Å². The number of rotatable bonds is 8. The second-order valence-corrected chi connectivity index (χ2v) is 11.2. The van der Waals surface area contributed by atoms with Gasteiger partial charge in [-0.15, -0.1) is 0 Å². The van der Waals surface area contributed by atoms with Crippen molar-refractivity contribution in [1.29, 1.82) is 0 Å². The van der Waals surface area contributed by atoms with Gasteiger partial charge in [-0.3, -0.25) is 14.4 Å². The summed E-state index contributed by atoms with van der Waals surface area (Å²) < 4.78 is 42.9. The molecule has 1 saturated carbocycles. The zero-order valence-electron chi connectivity index (χ0n) is 21.1. The van der Waals surface area contributed by atoms with Gasteiger partial charge in [0.15, 0.2) is 0 Å². The summed E-state index contributed by atoms with van der Waals surface area (Å²) in [5.74, 6) is -3.25. The van der Waals surface area contributed by atoms with Crippen LogP contribution in [0.4, 0.5) is 4.39 Å². The molecule has 1 aliphatic carbocycles. The number of benzene rings is 2. The number of hydrogen-bond acceptors (Lipinski definition) is 5. The van der Waals surface area contributed by atoms with Crippen molar-refractivity contribution >= 4 is 44.4 Å². The number of carbonyl (C=O) groups is 2. The van der Waals surface area contributed by atoms with E-state index in [0.717, 1.165) is 24.5 Å². The lowest BCUT2D eigenvalue weighted by atomic mass is 10.1. The molecule has 4 rings (SSSR count). The van der Waals surface area contributed by atoms with E-state index in [1.54, 1.807) is 23.6 Å². The average molecular weight is 566 g/mol. The maximum atomic E-state index is 14.1. The molecule has 0 spiro atoms. The number of halogens is 2. The van der Waals surface area contributed by atoms with Crippen molar-refractivity contribution in [3.05, 3.63) is 74.8 Å². The van der Waals surface area contributed by atoms with Gasteiger partial charge in [-0.25, -0.2) is 12.8 Å². The Balaban J connectivity index is 0.00000127. The quantitative estimate of drug-likeness (QED) is 0.378. The van der Waals surface area contributed by atoms with Crippen molar-refractivity contribution in [2.45, 2.75) is 57.0 Å². The Kier molecular flexibility index (Phi) is 9.29. The molecule has 1 amide bonds. The van der Waals surface area contributed by atoms with Gasteiger partial charge in [-0.1, -0.05) is 49.6 Å². The monoisotopic (exact) mass is 565 g/mol. The Morgan fingerprint density at radius 3 is 2.34 bits per heavy atom. The highest BCUT2D eigenvalue weighted by atomic mass is 35.5. The van der Waals surface area contributed by atoms with Crippen molar-refractivity contribution < 1.29 is 27.5 Å². The molecule has 9 nitrogen and oxygen atoms in total. The molecule has 1 heterocycles. The van der Waals surface area contributed by atoms with Crippen LogP contribution in [-0.4, -0.2) is 42.6 Å². The maximum absolute atomic E-state index is 14.1. The fraction of sp³-hybridized carbons (Fsp3) is 0.346. The smallest absolute Gasteiger partial charge is 0.323 e. The number of carbonyl (C=O) groups excluding carboxylic acids is 1. The highest BCUT2D eigenvalue weighted by molar-refractivity contribution is 7.89. The Labute approximate surface area is 224 Å². The van der Waals surface area contributed by atoms with Crippen molar-refractivity contribution in [1.82, 2.24) is 14.6 Å². The first-order valence-corrected chi connectivity index (χ1v) is 13.9. The van der Waals surface area contributed by atoms with E-state index in [1.165, 1.54) is 30.8 Å². The zero-order valence-corrected chi connectivity index (χ0v) is 22.7. The molecular formula is C26H29ClFN3O6S. The summed E-state index contributed by atoms with van der Waals surface area (Å²) in [6, 6.07) is 6.39. The van der Waals surface area contributed by atoms with Gasteiger partial charge < -0.3 is 15.0 Å². The second kappa shape index (κ2) is 12.1. The largest absolute Gasteiger partial charge is 0.480 e. The van der Waals surface area contributed by atoms with Crippen LogP contribution in [0.5, 0.6) is 0 Å². The number of nitrogens with one attached hydrogen (secondary N) is 2. The van der Waals surface area contributed by atoms with Crippen molar-refractivity contribution in [3.8, 4) is 0 Å². The third-order valence-corrected chi connectivity index (χ3v) is 7.43. The molecule has 3 N–H and O–H groups in total. The van der Waals surface area contributed by atoms with E-state index in [-0.39, 0.29) is 26.9 Å². The van der Waals surface area contributed by atoms with Crippen molar-refractivity contribution in [2.75, 3.05) is 6.54 Å². The second-order valence-electron chi connectivity index (χ2n) is 9.04. The van der Waals surface area contributed by atoms with Crippen LogP contribution in [-0.2, 0) is 14.8 Å². The van der Waals surface area contributed by atoms with Crippen LogP contribution in [0.1, 0.15) is 55.1 Å². The van der Waals surface area contributed by atoms with E-state index < -0.39 is 45.7 Å². The van der Waals surface area contributed by atoms with Crippen LogP contribution < -0.4 is 15.5 Å². The van der Waals surface area contributed by atoms with Crippen LogP contribution >= 0.6 is 11.6 Å². The molecule has 3 aromatic rings. The molecule has 0 aliphatic heterocycles. The molecule has 204 valence electrons. The zero-order chi connectivity index (χ0) is 28.2. The van der Waals surface area contributed by atoms with Gasteiger partial charge in [0.25, 0.3) is 5.91 Å². The standard InChI is InChI=1S/C23H21ClFN3O6S.C3H8/c1-12-2-6-14(7-3-12)35(33,34)27-19(23(31)32)10-26-22(30)16-11-28(13-4-5-13)20-9-17(24)18(25)8-15(20)21(16)29;1-3-2/h2-3,6-9,11,13,19,27H,4-5,10H2,1H3,(H,26,30)(H,31,32);3H2,1-2H3. The van der Waals surface area contributed by atoms with E-state index in [0.29, 0.717) is 5.52 Å². The molecule has 1 aliphatic rings. The van der Waals surface area contributed by atoms with Gasteiger partial charge in [-0.05, 0) is 44.0 Å². The highest BCUT2D eigenvalue weighted by Gasteiger charge is 2.29. The molecule has 0 bridgehead atoms. The van der Waals surface area contributed by atoms with Crippen molar-refractivity contribution in [2.24, 2.45) is 0 Å². The number of aromatic nitrogens is 1. The Hall–Kier alpha value is -3.28. The first-order valence-electron chi connectivity index (χ1n) is 12.0. The lowest BCUT2D eigenvalue weighted by Crippen LogP contribution is -2.48. The number of fused-ring (bicyclic) bond motifs is 1. The van der Waals surface area contributed by atoms with Gasteiger partial charge >= 0.3 is 5.97 Å². The minimum atomic E-state index is -4.19. The maximum Gasteiger partial charge on any atom is 0.323 e. The fourth-order valence-electron chi connectivity index (χ4n) is 3.60. The SMILES string of the molecule is CCC.Cc1ccc(S(=O)(=O)NC(CNC(=O)c2cn(C3CC3)c3cc(Cl)c(F)cc3c2=O)C(=O)O)cc1. The number of carboxylic acids is 1. The summed E-state index contributed by atoms with van der Waals surface area (Å²) in [7, 11) is -4.19. The van der Waals surface area contributed by atoms with Gasteiger partial charge in [0.05, 0.1) is 15.4 Å². The highest BCUT2D eigenvalue weighted by Crippen LogP contribution is 2.37. The van der Waals surface area contributed by atoms with Crippen LogP contribution in [0, 0.1) is 12.7 Å². The predicted octanol–water partition coefficient (Wildman–Crippen LogP) is 4.02. The van der Waals surface area contributed by atoms with Gasteiger partial charge in [0.2, 0.25) is 15.5 Å². The van der Waals surface area contributed by atoms with E-state index >= 15 is 0 Å². The van der Waals surface area contributed by atoms with Gasteiger partial charge in [0, 0.05) is 24.2 Å². The van der Waals surface area contributed by atoms with Gasteiger partial charge in [-0.2, -0.15) is 4.72 Å². The first kappa shape index (κ1) is 29.3. The van der Waals surface area contributed by atoms with E-state index in [1.807, 2.05) is 4.72 Å². The van der Waals surface area contributed by atoms with E-state index in [9.17, 15) is 32.3 Å². The fourth-order valence-corrected chi connectivity index (χ4v) is 4.95. The Morgan fingerprint density at radius 2 is 1.79 bits per heavy atom. The molecule has 1 unspecified atom stereocenters. The molecule has 1 atom stereocenters. The van der Waals surface area contributed by atoms with Crippen LogP contribution in [0.15, 0.2) is 52.3 Å². The number of aryl methyl sites for hydroxylation is 1. The lowest BCUT2D eigenvalue weighted by molar-refractivity contribution is -0.138. The molecule has 2 aromatic carbocycles. The van der Waals surface area contributed by atoms with Crippen molar-refractivity contribution in [3.63, 3.8) is 0 Å². The minimum absolute atomic E-state index is 0.0132. The number of nitrogens with zero attached hydrogens (tertiary/aromatic N) is 1. The summed E-state index contributed by atoms with van der Waals surface area (Å²) in [6.45, 7) is 5.39. The molecule has 0 radical (unpaired) electrons. The Morgan fingerprint density at radius 1 is 1.18 bits per heavy atom. The number of hydrogen-bond donors (Lipinski definition) is 3. The first-order chi connectivity index (χ1) is 17.9. The Bertz CT molecular complexity index is 1520. The third-order valence-electron chi connectivity index (χ3n) is 5.65. The summed E-state index contributed by atoms with van der Waals surface area (Å²) in [5.41, 5.74) is 0.129. The third kappa shape index (κ3) is 6.77. The number of carboxylic acid groups (broad SMARTS) is 1. The molecule has 38 heavy (non-hydrogen) atoms. The normalized spacial score (nSPS) is 13.9. The van der Waals surface area contributed by atoms with E-state index in [2.05, 4.69) is 19.2 Å². The summed E-state index contributed by atoms with van der Waals surface area (Å²) >= 11 is 5.88. The molecule has 12 heteroatoms. The van der Waals surface area contributed by atoms with Crippen LogP contribution in [0.2, 0.25) is 5.02 Å². The summed E-state index contributed by atoms with van der Waals surface area (Å²) in [4.78, 5) is 37.3. The lowest BCUT2D eigenvalue weighted by Gasteiger charge is -2.17. The van der Waals surface area contributed by atoms with Crippen LogP contribution in [0.25, 0.3) is 10.9 Å². The van der Waals surface area contributed by atoms with Crippen LogP contribution in [0.3, 0.4) is 0 Å². The number of sulfonamides is 1. The number of aliphatic carboxylic acids is 1. The minimum Gasteiger partial charge on any atom is -0.480 e. The number of amides is 1. The van der Waals surface area contributed by atoms with Gasteiger partial charge in [0.1, 0.15) is 17.4 Å². The predicted molar refractivity (Wildman–Crippen MR) is 143 cm³/mol. The molecule has 1 aromatic heterocycles. The molecular weight excluding hydrogens is 537 g/mol. The summed E-state index contributed by atoms with van der Waals surface area (Å²) in [5, 5.41) is 11.6. The molecule has 0 saturated heterocycles. The molecule has 1 fully saturated rings. The average Bonchev–Trinajstić information content (AvgIpc) is 3.69.